The van der Waals surface area contributed by atoms with Crippen LogP contribution in [0.2, 0.25) is 0 Å². The van der Waals surface area contributed by atoms with Crippen LogP contribution >= 0.6 is 0 Å². The summed E-state index contributed by atoms with van der Waals surface area (Å²) in [5.41, 5.74) is 0.530. The molecule has 0 aliphatic rings. The van der Waals surface area contributed by atoms with E-state index >= 15 is 0 Å². The van der Waals surface area contributed by atoms with E-state index in [2.05, 4.69) is 15.3 Å². The van der Waals surface area contributed by atoms with Gasteiger partial charge in [0.15, 0.2) is 0 Å². The van der Waals surface area contributed by atoms with Crippen LogP contribution in [0.4, 0.5) is 0 Å². The summed E-state index contributed by atoms with van der Waals surface area (Å²) in [5.74, 6) is 1.35. The smallest absolute Gasteiger partial charge is 0.258 e. The maximum Gasteiger partial charge on any atom is 0.258 e. The average Bonchev–Trinajstić information content (AvgIpc) is 2.66. The fourth-order valence-electron chi connectivity index (χ4n) is 2.63. The number of nitrogens with one attached hydrogen (secondary N) is 2. The lowest BCUT2D eigenvalue weighted by molar-refractivity contribution is -0.121. The van der Waals surface area contributed by atoms with E-state index in [9.17, 15) is 9.59 Å². The van der Waals surface area contributed by atoms with E-state index < -0.39 is 0 Å². The molecule has 2 aromatic carbocycles. The van der Waals surface area contributed by atoms with Crippen molar-refractivity contribution in [2.24, 2.45) is 0 Å². The lowest BCUT2D eigenvalue weighted by atomic mass is 10.2. The second-order valence-corrected chi connectivity index (χ2v) is 5.89. The molecule has 1 heterocycles. The van der Waals surface area contributed by atoms with Gasteiger partial charge in [0.1, 0.15) is 18.2 Å². The minimum absolute atomic E-state index is 0.0372. The van der Waals surface area contributed by atoms with Crippen LogP contribution in [0.15, 0.2) is 59.4 Å². The standard InChI is InChI=1S/C20H21N3O3/c24-19(21-13-14-26-15-7-2-1-3-8-15)12-6-11-18-22-17-10-5-4-9-16(17)20(25)23-18/h1-5,7-10H,6,11-14H2,(H,21,24)(H,22,23,25). The van der Waals surface area contributed by atoms with E-state index in [1.54, 1.807) is 6.07 Å². The van der Waals surface area contributed by atoms with Crippen LogP contribution in [0, 0.1) is 0 Å². The van der Waals surface area contributed by atoms with E-state index in [-0.39, 0.29) is 11.5 Å². The van der Waals surface area contributed by atoms with Crippen molar-refractivity contribution < 1.29 is 9.53 Å². The van der Waals surface area contributed by atoms with Gasteiger partial charge in [-0.05, 0) is 30.7 Å². The molecule has 26 heavy (non-hydrogen) atoms. The Morgan fingerprint density at radius 1 is 1.08 bits per heavy atom. The van der Waals surface area contributed by atoms with E-state index in [0.29, 0.717) is 49.1 Å². The van der Waals surface area contributed by atoms with Gasteiger partial charge in [-0.2, -0.15) is 0 Å². The second-order valence-electron chi connectivity index (χ2n) is 5.89. The number of rotatable bonds is 8. The maximum absolute atomic E-state index is 12.0. The third-order valence-electron chi connectivity index (χ3n) is 3.92. The van der Waals surface area contributed by atoms with Gasteiger partial charge in [-0.25, -0.2) is 4.98 Å². The second kappa shape index (κ2) is 8.80. The Morgan fingerprint density at radius 3 is 2.69 bits per heavy atom. The highest BCUT2D eigenvalue weighted by atomic mass is 16.5. The predicted molar refractivity (Wildman–Crippen MR) is 100 cm³/mol. The Morgan fingerprint density at radius 2 is 1.85 bits per heavy atom. The predicted octanol–water partition coefficient (Wildman–Crippen LogP) is 2.44. The van der Waals surface area contributed by atoms with Crippen molar-refractivity contribution in [2.75, 3.05) is 13.2 Å². The molecule has 0 radical (unpaired) electrons. The zero-order valence-electron chi connectivity index (χ0n) is 14.4. The number of carbonyl (C=O) groups is 1. The molecule has 6 nitrogen and oxygen atoms in total. The van der Waals surface area contributed by atoms with Crippen molar-refractivity contribution in [1.29, 1.82) is 0 Å². The Kier molecular flexibility index (Phi) is 5.98. The summed E-state index contributed by atoms with van der Waals surface area (Å²) >= 11 is 0. The van der Waals surface area contributed by atoms with Gasteiger partial charge in [0.2, 0.25) is 5.91 Å². The lowest BCUT2D eigenvalue weighted by Gasteiger charge is -2.07. The van der Waals surface area contributed by atoms with Crippen molar-refractivity contribution in [3.8, 4) is 5.75 Å². The third-order valence-corrected chi connectivity index (χ3v) is 3.92. The molecule has 0 aliphatic heterocycles. The average molecular weight is 351 g/mol. The number of hydrogen-bond donors (Lipinski definition) is 2. The first-order valence-electron chi connectivity index (χ1n) is 8.65. The van der Waals surface area contributed by atoms with Gasteiger partial charge >= 0.3 is 0 Å². The number of hydrogen-bond acceptors (Lipinski definition) is 4. The summed E-state index contributed by atoms with van der Waals surface area (Å²) in [6.07, 6.45) is 1.54. The van der Waals surface area contributed by atoms with Gasteiger partial charge in [-0.1, -0.05) is 30.3 Å². The number of para-hydroxylation sites is 2. The van der Waals surface area contributed by atoms with Crippen molar-refractivity contribution in [2.45, 2.75) is 19.3 Å². The quantitative estimate of drug-likeness (QED) is 0.611. The molecule has 0 atom stereocenters. The summed E-state index contributed by atoms with van der Waals surface area (Å²) in [7, 11) is 0. The highest BCUT2D eigenvalue weighted by Gasteiger charge is 2.05. The van der Waals surface area contributed by atoms with E-state index in [4.69, 9.17) is 4.74 Å². The van der Waals surface area contributed by atoms with E-state index in [1.165, 1.54) is 0 Å². The molecule has 0 bridgehead atoms. The molecule has 0 fully saturated rings. The first-order valence-corrected chi connectivity index (χ1v) is 8.65. The number of nitrogens with zero attached hydrogens (tertiary/aromatic N) is 1. The SMILES string of the molecule is O=C(CCCc1nc2ccccc2c(=O)[nH]1)NCCOc1ccccc1. The summed E-state index contributed by atoms with van der Waals surface area (Å²) < 4.78 is 5.52. The number of fused-ring (bicyclic) bond motifs is 1. The molecule has 0 unspecified atom stereocenters. The van der Waals surface area contributed by atoms with Crippen molar-refractivity contribution in [1.82, 2.24) is 15.3 Å². The number of benzene rings is 2. The largest absolute Gasteiger partial charge is 0.492 e. The van der Waals surface area contributed by atoms with Crippen LogP contribution in [-0.4, -0.2) is 29.0 Å². The Balaban J connectivity index is 1.39. The summed E-state index contributed by atoms with van der Waals surface area (Å²) in [6.45, 7) is 0.883. The van der Waals surface area contributed by atoms with Crippen LogP contribution < -0.4 is 15.6 Å². The van der Waals surface area contributed by atoms with Crippen LogP contribution in [-0.2, 0) is 11.2 Å². The van der Waals surface area contributed by atoms with Crippen LogP contribution in [0.5, 0.6) is 5.75 Å². The molecule has 2 N–H and O–H groups in total. The Hall–Kier alpha value is -3.15. The normalized spacial score (nSPS) is 10.6. The number of aryl methyl sites for hydroxylation is 1. The first kappa shape index (κ1) is 17.7. The fourth-order valence-corrected chi connectivity index (χ4v) is 2.63. The van der Waals surface area contributed by atoms with Crippen LogP contribution in [0.3, 0.4) is 0 Å². The summed E-state index contributed by atoms with van der Waals surface area (Å²) in [5, 5.41) is 3.40. The molecule has 1 amide bonds. The number of H-pyrrole nitrogens is 1. The fraction of sp³-hybridized carbons (Fsp3) is 0.250. The molecular weight excluding hydrogens is 330 g/mol. The molecule has 0 aliphatic carbocycles. The van der Waals surface area contributed by atoms with Crippen molar-refractivity contribution in [3.05, 3.63) is 70.8 Å². The number of carbonyl (C=O) groups excluding carboxylic acids is 1. The number of ether oxygens (including phenoxy) is 1. The Labute approximate surface area is 151 Å². The van der Waals surface area contributed by atoms with Crippen molar-refractivity contribution >= 4 is 16.8 Å². The van der Waals surface area contributed by atoms with E-state index in [0.717, 1.165) is 5.75 Å². The minimum atomic E-state index is -0.145. The number of aromatic amines is 1. The molecule has 0 saturated heterocycles. The van der Waals surface area contributed by atoms with Crippen LogP contribution in [0.25, 0.3) is 10.9 Å². The third kappa shape index (κ3) is 4.92. The Bertz CT molecular complexity index is 922. The number of aromatic nitrogens is 2. The zero-order valence-corrected chi connectivity index (χ0v) is 14.4. The molecule has 6 heteroatoms. The molecule has 134 valence electrons. The van der Waals surface area contributed by atoms with Gasteiger partial charge in [0.05, 0.1) is 17.4 Å². The molecule has 0 spiro atoms. The maximum atomic E-state index is 12.0. The van der Waals surface area contributed by atoms with Gasteiger partial charge in [-0.3, -0.25) is 9.59 Å². The van der Waals surface area contributed by atoms with Gasteiger partial charge in [0.25, 0.3) is 5.56 Å². The lowest BCUT2D eigenvalue weighted by Crippen LogP contribution is -2.28. The zero-order chi connectivity index (χ0) is 18.2. The summed E-state index contributed by atoms with van der Waals surface area (Å²) in [6, 6.07) is 16.7. The molecule has 1 aromatic heterocycles. The minimum Gasteiger partial charge on any atom is -0.492 e. The molecule has 0 saturated carbocycles. The van der Waals surface area contributed by atoms with Crippen molar-refractivity contribution in [3.63, 3.8) is 0 Å². The molecule has 3 aromatic rings. The molecular formula is C20H21N3O3. The van der Waals surface area contributed by atoms with Crippen LogP contribution in [0.1, 0.15) is 18.7 Å². The highest BCUT2D eigenvalue weighted by molar-refractivity contribution is 5.77. The van der Waals surface area contributed by atoms with Gasteiger partial charge in [-0.15, -0.1) is 0 Å². The number of amides is 1. The topological polar surface area (TPSA) is 84.1 Å². The molecule has 3 rings (SSSR count). The van der Waals surface area contributed by atoms with Gasteiger partial charge < -0.3 is 15.0 Å². The summed E-state index contributed by atoms with van der Waals surface area (Å²) in [4.78, 5) is 31.1. The van der Waals surface area contributed by atoms with E-state index in [1.807, 2.05) is 48.5 Å². The van der Waals surface area contributed by atoms with Gasteiger partial charge in [0, 0.05) is 12.8 Å². The highest BCUT2D eigenvalue weighted by Crippen LogP contribution is 2.08. The monoisotopic (exact) mass is 351 g/mol. The first-order chi connectivity index (χ1) is 12.7.